The number of nitrogens with zero attached hydrogens (tertiary/aromatic N) is 4. The minimum Gasteiger partial charge on any atom is -0.307 e. The van der Waals surface area contributed by atoms with Gasteiger partial charge in [-0.2, -0.15) is 9.61 Å². The number of hydrogen-bond donors (Lipinski definition) is 1. The SMILES string of the molecule is CCCc1nnc2sc(CC3CC(C)(C)NC(C)(C)C3)nn12. The summed E-state index contributed by atoms with van der Waals surface area (Å²) in [4.78, 5) is 0.936. The minimum absolute atomic E-state index is 0.193. The summed E-state index contributed by atoms with van der Waals surface area (Å²) >= 11 is 1.70. The van der Waals surface area contributed by atoms with Crippen molar-refractivity contribution in [2.75, 3.05) is 0 Å². The minimum atomic E-state index is 0.193. The van der Waals surface area contributed by atoms with Crippen molar-refractivity contribution in [1.82, 2.24) is 25.1 Å². The highest BCUT2D eigenvalue weighted by Crippen LogP contribution is 2.35. The molecule has 122 valence electrons. The largest absolute Gasteiger partial charge is 0.307 e. The van der Waals surface area contributed by atoms with Gasteiger partial charge in [0.2, 0.25) is 4.96 Å². The fraction of sp³-hybridized carbons (Fsp3) is 0.812. The lowest BCUT2D eigenvalue weighted by Crippen LogP contribution is -2.58. The highest BCUT2D eigenvalue weighted by molar-refractivity contribution is 7.16. The van der Waals surface area contributed by atoms with Crippen LogP contribution in [0.2, 0.25) is 0 Å². The van der Waals surface area contributed by atoms with Gasteiger partial charge < -0.3 is 5.32 Å². The molecule has 0 unspecified atom stereocenters. The fourth-order valence-electron chi connectivity index (χ4n) is 4.08. The van der Waals surface area contributed by atoms with Gasteiger partial charge in [0.05, 0.1) is 0 Å². The van der Waals surface area contributed by atoms with Gasteiger partial charge in [0, 0.05) is 23.9 Å². The summed E-state index contributed by atoms with van der Waals surface area (Å²) < 4.78 is 1.95. The molecule has 5 nitrogen and oxygen atoms in total. The Hall–Kier alpha value is -1.01. The van der Waals surface area contributed by atoms with Crippen LogP contribution in [0.3, 0.4) is 0 Å². The monoisotopic (exact) mass is 321 g/mol. The van der Waals surface area contributed by atoms with Crippen molar-refractivity contribution in [3.8, 4) is 0 Å². The van der Waals surface area contributed by atoms with Gasteiger partial charge in [-0.25, -0.2) is 0 Å². The van der Waals surface area contributed by atoms with E-state index in [0.717, 1.165) is 30.0 Å². The van der Waals surface area contributed by atoms with Crippen molar-refractivity contribution in [2.45, 2.75) is 77.8 Å². The van der Waals surface area contributed by atoms with Crippen LogP contribution in [0.15, 0.2) is 0 Å². The molecule has 6 heteroatoms. The number of nitrogens with one attached hydrogen (secondary N) is 1. The van der Waals surface area contributed by atoms with Gasteiger partial charge in [-0.15, -0.1) is 10.2 Å². The summed E-state index contributed by atoms with van der Waals surface area (Å²) in [6.45, 7) is 11.4. The van der Waals surface area contributed by atoms with E-state index in [1.54, 1.807) is 11.3 Å². The zero-order valence-electron chi connectivity index (χ0n) is 14.3. The molecule has 0 amide bonds. The van der Waals surface area contributed by atoms with Crippen molar-refractivity contribution in [1.29, 1.82) is 0 Å². The Kier molecular flexibility index (Phi) is 4.01. The van der Waals surface area contributed by atoms with Crippen molar-refractivity contribution >= 4 is 16.3 Å². The molecule has 0 bridgehead atoms. The summed E-state index contributed by atoms with van der Waals surface area (Å²) in [6.07, 6.45) is 5.45. The summed E-state index contributed by atoms with van der Waals surface area (Å²) in [5.41, 5.74) is 0.386. The number of aryl methyl sites for hydroxylation is 1. The molecule has 1 N–H and O–H groups in total. The predicted molar refractivity (Wildman–Crippen MR) is 90.4 cm³/mol. The first-order chi connectivity index (χ1) is 10.3. The lowest BCUT2D eigenvalue weighted by Gasteiger charge is -2.46. The molecule has 2 aromatic rings. The van der Waals surface area contributed by atoms with Gasteiger partial charge in [0.15, 0.2) is 5.82 Å². The highest BCUT2D eigenvalue weighted by atomic mass is 32.1. The average Bonchev–Trinajstić information content (AvgIpc) is 2.87. The Balaban J connectivity index is 1.78. The Bertz CT molecular complexity index is 639. The lowest BCUT2D eigenvalue weighted by molar-refractivity contribution is 0.128. The molecule has 0 atom stereocenters. The van der Waals surface area contributed by atoms with Gasteiger partial charge in [-0.3, -0.25) is 0 Å². The average molecular weight is 321 g/mol. The first-order valence-corrected chi connectivity index (χ1v) is 9.09. The van der Waals surface area contributed by atoms with E-state index in [1.807, 2.05) is 4.52 Å². The zero-order valence-corrected chi connectivity index (χ0v) is 15.1. The molecule has 3 heterocycles. The van der Waals surface area contributed by atoms with Crippen LogP contribution in [0, 0.1) is 5.92 Å². The second-order valence-electron chi connectivity index (χ2n) is 7.93. The normalized spacial score (nSPS) is 21.5. The van der Waals surface area contributed by atoms with Crippen molar-refractivity contribution in [3.63, 3.8) is 0 Å². The maximum Gasteiger partial charge on any atom is 0.234 e. The molecule has 0 spiro atoms. The maximum absolute atomic E-state index is 4.77. The van der Waals surface area contributed by atoms with Crippen LogP contribution in [-0.4, -0.2) is 30.9 Å². The quantitative estimate of drug-likeness (QED) is 0.939. The molecular formula is C16H27N5S. The van der Waals surface area contributed by atoms with Crippen LogP contribution in [0.4, 0.5) is 0 Å². The lowest BCUT2D eigenvalue weighted by atomic mass is 9.75. The molecular weight excluding hydrogens is 294 g/mol. The molecule has 2 aromatic heterocycles. The second-order valence-corrected chi connectivity index (χ2v) is 8.97. The van der Waals surface area contributed by atoms with E-state index in [2.05, 4.69) is 50.1 Å². The van der Waals surface area contributed by atoms with Crippen molar-refractivity contribution < 1.29 is 0 Å². The first-order valence-electron chi connectivity index (χ1n) is 8.27. The number of hydrogen-bond acceptors (Lipinski definition) is 5. The van der Waals surface area contributed by atoms with E-state index in [0.29, 0.717) is 5.92 Å². The molecule has 0 saturated carbocycles. The third-order valence-electron chi connectivity index (χ3n) is 4.31. The standard InChI is InChI=1S/C16H27N5S/c1-6-7-12-17-18-14-21(12)19-13(22-14)8-11-9-15(2,3)20-16(4,5)10-11/h11,20H,6-10H2,1-5H3. The smallest absolute Gasteiger partial charge is 0.234 e. The van der Waals surface area contributed by atoms with Gasteiger partial charge in [-0.1, -0.05) is 18.3 Å². The Morgan fingerprint density at radius 2 is 1.86 bits per heavy atom. The van der Waals surface area contributed by atoms with E-state index in [-0.39, 0.29) is 11.1 Å². The van der Waals surface area contributed by atoms with E-state index in [4.69, 9.17) is 5.10 Å². The molecule has 1 fully saturated rings. The van der Waals surface area contributed by atoms with Gasteiger partial charge >= 0.3 is 0 Å². The summed E-state index contributed by atoms with van der Waals surface area (Å²) in [6, 6.07) is 0. The predicted octanol–water partition coefficient (Wildman–Crippen LogP) is 3.24. The van der Waals surface area contributed by atoms with Crippen molar-refractivity contribution in [2.24, 2.45) is 5.92 Å². The Labute approximate surface area is 136 Å². The van der Waals surface area contributed by atoms with Gasteiger partial charge in [-0.05, 0) is 52.9 Å². The highest BCUT2D eigenvalue weighted by Gasteiger charge is 2.37. The van der Waals surface area contributed by atoms with Crippen LogP contribution < -0.4 is 5.32 Å². The summed E-state index contributed by atoms with van der Waals surface area (Å²) in [5.74, 6) is 1.66. The molecule has 1 aliphatic rings. The molecule has 3 rings (SSSR count). The van der Waals surface area contributed by atoms with Crippen molar-refractivity contribution in [3.05, 3.63) is 10.8 Å². The van der Waals surface area contributed by atoms with Crippen LogP contribution in [0.1, 0.15) is 64.7 Å². The molecule has 0 aromatic carbocycles. The maximum atomic E-state index is 4.77. The number of aromatic nitrogens is 4. The Morgan fingerprint density at radius 3 is 2.50 bits per heavy atom. The first kappa shape index (κ1) is 15.9. The van der Waals surface area contributed by atoms with E-state index in [1.165, 1.54) is 17.8 Å². The van der Waals surface area contributed by atoms with Crippen LogP contribution >= 0.6 is 11.3 Å². The third-order valence-corrected chi connectivity index (χ3v) is 5.23. The fourth-order valence-corrected chi connectivity index (χ4v) is 5.05. The number of rotatable bonds is 4. The topological polar surface area (TPSA) is 55.1 Å². The number of piperidine rings is 1. The third kappa shape index (κ3) is 3.33. The van der Waals surface area contributed by atoms with E-state index >= 15 is 0 Å². The van der Waals surface area contributed by atoms with Gasteiger partial charge in [0.25, 0.3) is 0 Å². The van der Waals surface area contributed by atoms with Gasteiger partial charge in [0.1, 0.15) is 5.01 Å². The molecule has 0 radical (unpaired) electrons. The van der Waals surface area contributed by atoms with Crippen LogP contribution in [0.5, 0.6) is 0 Å². The summed E-state index contributed by atoms with van der Waals surface area (Å²) in [7, 11) is 0. The second kappa shape index (κ2) is 5.57. The molecule has 0 aliphatic carbocycles. The summed E-state index contributed by atoms with van der Waals surface area (Å²) in [5, 5.41) is 18.2. The number of fused-ring (bicyclic) bond motifs is 1. The molecule has 22 heavy (non-hydrogen) atoms. The zero-order chi connectivity index (χ0) is 16.0. The molecule has 1 aliphatic heterocycles. The Morgan fingerprint density at radius 1 is 1.18 bits per heavy atom. The van der Waals surface area contributed by atoms with E-state index < -0.39 is 0 Å². The van der Waals surface area contributed by atoms with E-state index in [9.17, 15) is 0 Å². The molecule has 1 saturated heterocycles. The van der Waals surface area contributed by atoms with Crippen LogP contribution in [0.25, 0.3) is 4.96 Å². The van der Waals surface area contributed by atoms with Crippen LogP contribution in [-0.2, 0) is 12.8 Å².